The third-order valence-corrected chi connectivity index (χ3v) is 5.61. The van der Waals surface area contributed by atoms with E-state index in [4.69, 9.17) is 5.26 Å². The molecule has 1 N–H and O–H groups in total. The van der Waals surface area contributed by atoms with Crippen LogP contribution in [0, 0.1) is 18.3 Å². The van der Waals surface area contributed by atoms with E-state index in [-0.39, 0.29) is 11.8 Å². The quantitative estimate of drug-likeness (QED) is 0.920. The van der Waals surface area contributed by atoms with Gasteiger partial charge in [-0.2, -0.15) is 5.26 Å². The Morgan fingerprint density at radius 1 is 1.29 bits per heavy atom. The Morgan fingerprint density at radius 2 is 2.00 bits per heavy atom. The van der Waals surface area contributed by atoms with E-state index < -0.39 is 10.0 Å². The van der Waals surface area contributed by atoms with Crippen molar-refractivity contribution in [2.45, 2.75) is 25.6 Å². The van der Waals surface area contributed by atoms with Crippen LogP contribution in [0.5, 0.6) is 0 Å². The lowest BCUT2D eigenvalue weighted by molar-refractivity contribution is 0.567. The number of rotatable bonds is 5. The summed E-state index contributed by atoms with van der Waals surface area (Å²) in [6.07, 6.45) is 0. The molecule has 1 atom stereocenters. The molecule has 1 unspecified atom stereocenters. The van der Waals surface area contributed by atoms with Crippen LogP contribution < -0.4 is 4.72 Å². The molecule has 2 aromatic rings. The molecule has 1 aromatic carbocycles. The topological polar surface area (TPSA) is 70.0 Å². The van der Waals surface area contributed by atoms with E-state index in [0.29, 0.717) is 11.1 Å². The summed E-state index contributed by atoms with van der Waals surface area (Å²) < 4.78 is 27.1. The standard InChI is InChI=1S/C15H16N2O2S2/c1-11-7-8-15(20-11)12(2)17-21(18,19)10-14-6-4-3-5-13(14)9-16/h3-8,12,17H,10H2,1-2H3. The van der Waals surface area contributed by atoms with E-state index in [1.54, 1.807) is 35.6 Å². The van der Waals surface area contributed by atoms with Gasteiger partial charge < -0.3 is 0 Å². The van der Waals surface area contributed by atoms with E-state index in [1.165, 1.54) is 0 Å². The molecule has 1 aromatic heterocycles. The number of hydrogen-bond donors (Lipinski definition) is 1. The molecule has 0 spiro atoms. The zero-order chi connectivity index (χ0) is 15.5. The molecule has 110 valence electrons. The normalized spacial score (nSPS) is 12.8. The van der Waals surface area contributed by atoms with Crippen molar-refractivity contribution in [1.29, 1.82) is 5.26 Å². The highest BCUT2D eigenvalue weighted by molar-refractivity contribution is 7.88. The number of benzene rings is 1. The van der Waals surface area contributed by atoms with Gasteiger partial charge in [0, 0.05) is 9.75 Å². The highest BCUT2D eigenvalue weighted by Crippen LogP contribution is 2.23. The van der Waals surface area contributed by atoms with Crippen LogP contribution in [-0.2, 0) is 15.8 Å². The van der Waals surface area contributed by atoms with Gasteiger partial charge in [0.15, 0.2) is 0 Å². The molecule has 6 heteroatoms. The molecule has 0 fully saturated rings. The van der Waals surface area contributed by atoms with E-state index in [2.05, 4.69) is 4.72 Å². The van der Waals surface area contributed by atoms with Gasteiger partial charge in [-0.05, 0) is 37.6 Å². The van der Waals surface area contributed by atoms with Gasteiger partial charge >= 0.3 is 0 Å². The zero-order valence-corrected chi connectivity index (χ0v) is 13.5. The molecule has 4 nitrogen and oxygen atoms in total. The maximum atomic E-state index is 12.2. The summed E-state index contributed by atoms with van der Waals surface area (Å²) in [5.41, 5.74) is 0.907. The number of nitriles is 1. The summed E-state index contributed by atoms with van der Waals surface area (Å²) in [6, 6.07) is 12.4. The molecular weight excluding hydrogens is 304 g/mol. The van der Waals surface area contributed by atoms with Crippen LogP contribution in [-0.4, -0.2) is 8.42 Å². The van der Waals surface area contributed by atoms with Gasteiger partial charge in [-0.15, -0.1) is 11.3 Å². The van der Waals surface area contributed by atoms with Crippen molar-refractivity contribution >= 4 is 21.4 Å². The summed E-state index contributed by atoms with van der Waals surface area (Å²) in [5, 5.41) is 9.01. The largest absolute Gasteiger partial charge is 0.216 e. The van der Waals surface area contributed by atoms with Gasteiger partial charge in [-0.3, -0.25) is 0 Å². The monoisotopic (exact) mass is 320 g/mol. The van der Waals surface area contributed by atoms with Gasteiger partial charge in [-0.25, -0.2) is 13.1 Å². The van der Waals surface area contributed by atoms with Crippen LogP contribution in [0.15, 0.2) is 36.4 Å². The van der Waals surface area contributed by atoms with Gasteiger partial charge in [0.05, 0.1) is 23.4 Å². The van der Waals surface area contributed by atoms with E-state index in [0.717, 1.165) is 9.75 Å². The first-order chi connectivity index (χ1) is 9.91. The lowest BCUT2D eigenvalue weighted by atomic mass is 10.1. The Hall–Kier alpha value is -1.68. The first-order valence-corrected chi connectivity index (χ1v) is 8.92. The molecule has 0 aliphatic rings. The summed E-state index contributed by atoms with van der Waals surface area (Å²) in [6.45, 7) is 3.80. The first kappa shape index (κ1) is 15.7. The number of nitrogens with one attached hydrogen (secondary N) is 1. The second kappa shape index (κ2) is 6.39. The van der Waals surface area contributed by atoms with Gasteiger partial charge in [0.1, 0.15) is 0 Å². The van der Waals surface area contributed by atoms with Crippen LogP contribution in [0.25, 0.3) is 0 Å². The molecule has 0 amide bonds. The molecule has 21 heavy (non-hydrogen) atoms. The Bertz CT molecular complexity index is 773. The smallest absolute Gasteiger partial charge is 0.212 e. The van der Waals surface area contributed by atoms with Gasteiger partial charge in [-0.1, -0.05) is 18.2 Å². The van der Waals surface area contributed by atoms with Crippen molar-refractivity contribution in [3.05, 3.63) is 57.3 Å². The summed E-state index contributed by atoms with van der Waals surface area (Å²) >= 11 is 1.57. The highest BCUT2D eigenvalue weighted by Gasteiger charge is 2.18. The predicted octanol–water partition coefficient (Wildman–Crippen LogP) is 3.11. The zero-order valence-electron chi connectivity index (χ0n) is 11.8. The number of sulfonamides is 1. The fourth-order valence-corrected chi connectivity index (χ4v) is 4.38. The molecule has 0 aliphatic carbocycles. The fourth-order valence-electron chi connectivity index (χ4n) is 2.02. The summed E-state index contributed by atoms with van der Waals surface area (Å²) in [5.74, 6) is -0.189. The average Bonchev–Trinajstić information content (AvgIpc) is 2.85. The van der Waals surface area contributed by atoms with Crippen LogP contribution in [0.3, 0.4) is 0 Å². The van der Waals surface area contributed by atoms with E-state index >= 15 is 0 Å². The third kappa shape index (κ3) is 4.14. The van der Waals surface area contributed by atoms with E-state index in [9.17, 15) is 8.42 Å². The fraction of sp³-hybridized carbons (Fsp3) is 0.267. The van der Waals surface area contributed by atoms with Crippen molar-refractivity contribution in [2.75, 3.05) is 0 Å². The summed E-state index contributed by atoms with van der Waals surface area (Å²) in [4.78, 5) is 2.12. The van der Waals surface area contributed by atoms with E-state index in [1.807, 2.05) is 32.0 Å². The SMILES string of the molecule is Cc1ccc(C(C)NS(=O)(=O)Cc2ccccc2C#N)s1. The van der Waals surface area contributed by atoms with Crippen molar-refractivity contribution in [3.63, 3.8) is 0 Å². The minimum absolute atomic E-state index is 0.189. The lowest BCUT2D eigenvalue weighted by Crippen LogP contribution is -2.27. The Kier molecular flexibility index (Phi) is 4.78. The lowest BCUT2D eigenvalue weighted by Gasteiger charge is -2.13. The Labute approximate surface area is 129 Å². The molecule has 0 saturated heterocycles. The Morgan fingerprint density at radius 3 is 2.62 bits per heavy atom. The maximum absolute atomic E-state index is 12.2. The van der Waals surface area contributed by atoms with Crippen molar-refractivity contribution in [1.82, 2.24) is 4.72 Å². The van der Waals surface area contributed by atoms with Crippen molar-refractivity contribution < 1.29 is 8.42 Å². The number of thiophene rings is 1. The van der Waals surface area contributed by atoms with Gasteiger partial charge in [0.2, 0.25) is 10.0 Å². The number of hydrogen-bond acceptors (Lipinski definition) is 4. The molecular formula is C15H16N2O2S2. The minimum Gasteiger partial charge on any atom is -0.212 e. The molecule has 2 rings (SSSR count). The number of nitrogens with zero attached hydrogens (tertiary/aromatic N) is 1. The van der Waals surface area contributed by atoms with Crippen LogP contribution in [0.4, 0.5) is 0 Å². The predicted molar refractivity (Wildman–Crippen MR) is 84.4 cm³/mol. The van der Waals surface area contributed by atoms with Crippen LogP contribution in [0.2, 0.25) is 0 Å². The molecule has 0 aliphatic heterocycles. The summed E-state index contributed by atoms with van der Waals surface area (Å²) in [7, 11) is -3.50. The molecule has 1 heterocycles. The van der Waals surface area contributed by atoms with Gasteiger partial charge in [0.25, 0.3) is 0 Å². The molecule has 0 radical (unpaired) electrons. The first-order valence-electron chi connectivity index (χ1n) is 6.45. The average molecular weight is 320 g/mol. The van der Waals surface area contributed by atoms with Crippen molar-refractivity contribution in [2.24, 2.45) is 0 Å². The second-order valence-corrected chi connectivity index (χ2v) is 7.89. The van der Waals surface area contributed by atoms with Crippen molar-refractivity contribution in [3.8, 4) is 6.07 Å². The molecule has 0 saturated carbocycles. The highest BCUT2D eigenvalue weighted by atomic mass is 32.2. The number of aryl methyl sites for hydroxylation is 1. The second-order valence-electron chi connectivity index (χ2n) is 4.82. The minimum atomic E-state index is -3.50. The van der Waals surface area contributed by atoms with Crippen LogP contribution >= 0.6 is 11.3 Å². The Balaban J connectivity index is 2.14. The van der Waals surface area contributed by atoms with Crippen LogP contribution in [0.1, 0.15) is 33.8 Å². The maximum Gasteiger partial charge on any atom is 0.216 e. The third-order valence-electron chi connectivity index (χ3n) is 3.03. The molecule has 0 bridgehead atoms.